The number of nitrogens with one attached hydrogen (secondary N) is 2. The molecule has 156 valence electrons. The standard InChI is InChI=1S/C20H25N2O5PS/c1-15(2)14-18(19(23)25-3)21-20(24)22-28(29,26-16-10-6-4-7-11-16)27-17-12-8-5-9-13-17/h4-13,15,18H,14H2,1-3H3,(H2,21,22,24,29)/t18-/m1/s1. The van der Waals surface area contributed by atoms with Gasteiger partial charge in [0.1, 0.15) is 17.5 Å². The van der Waals surface area contributed by atoms with E-state index in [0.717, 1.165) is 0 Å². The first kappa shape index (κ1) is 22.7. The number of para-hydroxylation sites is 2. The van der Waals surface area contributed by atoms with Crippen molar-refractivity contribution in [1.29, 1.82) is 0 Å². The van der Waals surface area contributed by atoms with Crippen LogP contribution in [0.15, 0.2) is 60.7 Å². The van der Waals surface area contributed by atoms with Crippen LogP contribution in [-0.2, 0) is 21.3 Å². The fourth-order valence-electron chi connectivity index (χ4n) is 2.45. The normalized spacial score (nSPS) is 12.0. The zero-order valence-electron chi connectivity index (χ0n) is 16.5. The Hall–Kier alpha value is -2.57. The molecular weight excluding hydrogens is 411 g/mol. The van der Waals surface area contributed by atoms with Crippen molar-refractivity contribution in [3.63, 3.8) is 0 Å². The summed E-state index contributed by atoms with van der Waals surface area (Å²) in [5.41, 5.74) is 0. The average Bonchev–Trinajstić information content (AvgIpc) is 2.67. The lowest BCUT2D eigenvalue weighted by Gasteiger charge is -2.25. The average molecular weight is 436 g/mol. The lowest BCUT2D eigenvalue weighted by atomic mass is 10.0. The number of carbonyl (C=O) groups is 2. The SMILES string of the molecule is COC(=O)[C@@H](CC(C)C)NC(=O)NP(=S)(Oc1ccccc1)Oc1ccccc1. The predicted molar refractivity (Wildman–Crippen MR) is 115 cm³/mol. The first-order chi connectivity index (χ1) is 13.8. The Morgan fingerprint density at radius 2 is 1.45 bits per heavy atom. The van der Waals surface area contributed by atoms with Crippen molar-refractivity contribution >= 4 is 30.4 Å². The monoisotopic (exact) mass is 436 g/mol. The third kappa shape index (κ3) is 7.75. The summed E-state index contributed by atoms with van der Waals surface area (Å²) in [7, 11) is 1.27. The van der Waals surface area contributed by atoms with Crippen LogP contribution in [0.3, 0.4) is 0 Å². The molecule has 2 aromatic rings. The van der Waals surface area contributed by atoms with Crippen LogP contribution in [0, 0.1) is 5.92 Å². The maximum Gasteiger partial charge on any atom is 0.396 e. The molecular formula is C20H25N2O5PS. The number of ether oxygens (including phenoxy) is 1. The molecule has 0 unspecified atom stereocenters. The highest BCUT2D eigenvalue weighted by atomic mass is 32.5. The molecule has 0 heterocycles. The number of urea groups is 1. The second-order valence-electron chi connectivity index (χ2n) is 6.60. The summed E-state index contributed by atoms with van der Waals surface area (Å²) in [6.45, 7) is 0.554. The van der Waals surface area contributed by atoms with Crippen molar-refractivity contribution in [2.75, 3.05) is 7.11 Å². The molecule has 2 N–H and O–H groups in total. The maximum atomic E-state index is 12.6. The van der Waals surface area contributed by atoms with Crippen LogP contribution in [0.5, 0.6) is 11.5 Å². The highest BCUT2D eigenvalue weighted by Crippen LogP contribution is 2.45. The van der Waals surface area contributed by atoms with Gasteiger partial charge in [0.15, 0.2) is 0 Å². The van der Waals surface area contributed by atoms with E-state index < -0.39 is 24.7 Å². The molecule has 0 radical (unpaired) electrons. The quantitative estimate of drug-likeness (QED) is 0.451. The zero-order chi connectivity index (χ0) is 21.3. The van der Waals surface area contributed by atoms with E-state index in [1.165, 1.54) is 7.11 Å². The number of benzene rings is 2. The van der Waals surface area contributed by atoms with Crippen LogP contribution in [0.25, 0.3) is 0 Å². The van der Waals surface area contributed by atoms with Gasteiger partial charge in [-0.15, -0.1) is 0 Å². The summed E-state index contributed by atoms with van der Waals surface area (Å²) in [6, 6.07) is 16.2. The van der Waals surface area contributed by atoms with E-state index in [1.807, 2.05) is 26.0 Å². The van der Waals surface area contributed by atoms with E-state index in [0.29, 0.717) is 17.9 Å². The van der Waals surface area contributed by atoms with E-state index in [-0.39, 0.29) is 5.92 Å². The fraction of sp³-hybridized carbons (Fsp3) is 0.300. The Bertz CT molecular complexity index is 803. The third-order valence-electron chi connectivity index (χ3n) is 3.67. The lowest BCUT2D eigenvalue weighted by molar-refractivity contribution is -0.143. The largest absolute Gasteiger partial charge is 0.467 e. The molecule has 2 amide bonds. The molecule has 0 bridgehead atoms. The molecule has 0 spiro atoms. The fourth-order valence-corrected chi connectivity index (χ4v) is 4.45. The minimum absolute atomic E-state index is 0.170. The van der Waals surface area contributed by atoms with Crippen molar-refractivity contribution in [3.8, 4) is 11.5 Å². The first-order valence-corrected chi connectivity index (χ1v) is 11.7. The van der Waals surface area contributed by atoms with E-state index >= 15 is 0 Å². The first-order valence-electron chi connectivity index (χ1n) is 9.07. The number of rotatable bonds is 9. The van der Waals surface area contributed by atoms with Gasteiger partial charge >= 0.3 is 18.6 Å². The Kier molecular flexibility index (Phi) is 8.49. The summed E-state index contributed by atoms with van der Waals surface area (Å²) in [4.78, 5) is 24.6. The van der Waals surface area contributed by atoms with E-state index in [9.17, 15) is 9.59 Å². The summed E-state index contributed by atoms with van der Waals surface area (Å²) in [5, 5.41) is 5.20. The van der Waals surface area contributed by atoms with Gasteiger partial charge in [-0.3, -0.25) is 0 Å². The molecule has 9 heteroatoms. The van der Waals surface area contributed by atoms with Crippen molar-refractivity contribution in [2.45, 2.75) is 26.3 Å². The zero-order valence-corrected chi connectivity index (χ0v) is 18.2. The van der Waals surface area contributed by atoms with Gasteiger partial charge < -0.3 is 19.1 Å². The molecule has 0 fully saturated rings. The van der Waals surface area contributed by atoms with Crippen molar-refractivity contribution < 1.29 is 23.4 Å². The van der Waals surface area contributed by atoms with Gasteiger partial charge in [0.25, 0.3) is 0 Å². The van der Waals surface area contributed by atoms with Gasteiger partial charge in [-0.25, -0.2) is 14.7 Å². The number of methoxy groups -OCH3 is 1. The van der Waals surface area contributed by atoms with Crippen LogP contribution in [0.1, 0.15) is 20.3 Å². The molecule has 0 aliphatic carbocycles. The molecule has 29 heavy (non-hydrogen) atoms. The van der Waals surface area contributed by atoms with Crippen molar-refractivity contribution in [1.82, 2.24) is 10.4 Å². The molecule has 0 saturated carbocycles. The van der Waals surface area contributed by atoms with Crippen molar-refractivity contribution in [3.05, 3.63) is 60.7 Å². The Morgan fingerprint density at radius 1 is 0.966 bits per heavy atom. The van der Waals surface area contributed by atoms with Gasteiger partial charge in [0.2, 0.25) is 0 Å². The number of hydrogen-bond acceptors (Lipinski definition) is 6. The maximum absolute atomic E-state index is 12.6. The molecule has 0 aliphatic heterocycles. The van der Waals surface area contributed by atoms with Gasteiger partial charge in [0.05, 0.1) is 7.11 Å². The van der Waals surface area contributed by atoms with Gasteiger partial charge in [-0.1, -0.05) is 50.2 Å². The Labute approximate surface area is 176 Å². The number of esters is 1. The van der Waals surface area contributed by atoms with Gasteiger partial charge in [0, 0.05) is 11.8 Å². The molecule has 2 rings (SSSR count). The molecule has 1 atom stereocenters. The Balaban J connectivity index is 2.18. The topological polar surface area (TPSA) is 85.9 Å². The molecule has 0 saturated heterocycles. The number of amides is 2. The predicted octanol–water partition coefficient (Wildman–Crippen LogP) is 4.26. The van der Waals surface area contributed by atoms with Crippen molar-refractivity contribution in [2.24, 2.45) is 5.92 Å². The van der Waals surface area contributed by atoms with Crippen LogP contribution in [0.2, 0.25) is 0 Å². The minimum Gasteiger partial charge on any atom is -0.467 e. The molecule has 2 aromatic carbocycles. The summed E-state index contributed by atoms with van der Waals surface area (Å²) in [6.07, 6.45) is 0.419. The number of hydrogen-bond donors (Lipinski definition) is 2. The molecule has 7 nitrogen and oxygen atoms in total. The van der Waals surface area contributed by atoms with E-state index in [4.69, 9.17) is 25.6 Å². The summed E-state index contributed by atoms with van der Waals surface area (Å²) in [5.74, 6) is 0.552. The Morgan fingerprint density at radius 3 is 1.86 bits per heavy atom. The van der Waals surface area contributed by atoms with E-state index in [2.05, 4.69) is 10.4 Å². The number of carbonyl (C=O) groups excluding carboxylic acids is 2. The van der Waals surface area contributed by atoms with Crippen LogP contribution in [-0.4, -0.2) is 25.2 Å². The van der Waals surface area contributed by atoms with Gasteiger partial charge in [-0.05, 0) is 36.6 Å². The van der Waals surface area contributed by atoms with Gasteiger partial charge in [-0.2, -0.15) is 0 Å². The second-order valence-corrected chi connectivity index (χ2v) is 9.62. The summed E-state index contributed by atoms with van der Waals surface area (Å²) >= 11 is 5.56. The molecule has 0 aliphatic rings. The molecule has 0 aromatic heterocycles. The van der Waals surface area contributed by atoms with Crippen LogP contribution < -0.4 is 19.5 Å². The smallest absolute Gasteiger partial charge is 0.396 e. The third-order valence-corrected chi connectivity index (χ3v) is 5.77. The van der Waals surface area contributed by atoms with E-state index in [1.54, 1.807) is 48.5 Å². The minimum atomic E-state index is -3.33. The van der Waals surface area contributed by atoms with Crippen LogP contribution in [0.4, 0.5) is 4.79 Å². The highest BCUT2D eigenvalue weighted by Gasteiger charge is 2.29. The summed E-state index contributed by atoms with van der Waals surface area (Å²) < 4.78 is 16.5. The van der Waals surface area contributed by atoms with Crippen LogP contribution >= 0.6 is 6.64 Å². The highest BCUT2D eigenvalue weighted by molar-refractivity contribution is 8.09. The lowest BCUT2D eigenvalue weighted by Crippen LogP contribution is -2.46. The second kappa shape index (κ2) is 10.8.